The number of aliphatic carboxylic acids is 1. The number of carbonyl (C=O) groups is 2. The zero-order chi connectivity index (χ0) is 14.3. The van der Waals surface area contributed by atoms with Crippen LogP contribution in [-0.2, 0) is 4.79 Å². The molecule has 0 heterocycles. The van der Waals surface area contributed by atoms with Crippen molar-refractivity contribution in [3.8, 4) is 0 Å². The maximum absolute atomic E-state index is 11.8. The van der Waals surface area contributed by atoms with E-state index in [2.05, 4.69) is 16.0 Å². The van der Waals surface area contributed by atoms with Crippen molar-refractivity contribution in [1.29, 1.82) is 0 Å². The minimum atomic E-state index is -1.09. The number of rotatable bonds is 6. The Hall–Kier alpha value is -1.30. The number of carboxylic acids is 1. The zero-order valence-corrected chi connectivity index (χ0v) is 11.8. The molecule has 0 saturated heterocycles. The van der Waals surface area contributed by atoms with Crippen LogP contribution in [0.5, 0.6) is 0 Å². The number of amides is 2. The molecule has 0 aromatic heterocycles. The molecule has 0 aromatic rings. The fourth-order valence-electron chi connectivity index (χ4n) is 2.64. The highest BCUT2D eigenvalue weighted by Crippen LogP contribution is 2.32. The first-order chi connectivity index (χ1) is 9.00. The molecule has 1 saturated carbocycles. The molecule has 4 N–H and O–H groups in total. The lowest BCUT2D eigenvalue weighted by Gasteiger charge is -2.37. The Morgan fingerprint density at radius 3 is 2.68 bits per heavy atom. The van der Waals surface area contributed by atoms with Crippen molar-refractivity contribution in [3.63, 3.8) is 0 Å². The zero-order valence-electron chi connectivity index (χ0n) is 11.8. The number of hydrogen-bond acceptors (Lipinski definition) is 3. The van der Waals surface area contributed by atoms with E-state index in [9.17, 15) is 14.7 Å². The summed E-state index contributed by atoms with van der Waals surface area (Å²) in [4.78, 5) is 23.3. The van der Waals surface area contributed by atoms with Crippen LogP contribution in [0.3, 0.4) is 0 Å². The first-order valence-electron chi connectivity index (χ1n) is 6.94. The lowest BCUT2D eigenvalue weighted by atomic mass is 9.76. The van der Waals surface area contributed by atoms with Gasteiger partial charge in [0.25, 0.3) is 0 Å². The van der Waals surface area contributed by atoms with E-state index in [0.29, 0.717) is 25.3 Å². The van der Waals surface area contributed by atoms with Gasteiger partial charge in [0.15, 0.2) is 0 Å². The third kappa shape index (κ3) is 4.70. The molecule has 1 fully saturated rings. The van der Waals surface area contributed by atoms with Gasteiger partial charge in [0, 0.05) is 6.54 Å². The van der Waals surface area contributed by atoms with Crippen molar-refractivity contribution in [1.82, 2.24) is 16.0 Å². The average Bonchev–Trinajstić information content (AvgIpc) is 2.34. The number of hydrogen-bond donors (Lipinski definition) is 4. The highest BCUT2D eigenvalue weighted by molar-refractivity contribution is 5.86. The van der Waals surface area contributed by atoms with Crippen molar-refractivity contribution in [3.05, 3.63) is 0 Å². The van der Waals surface area contributed by atoms with Gasteiger partial charge in [-0.15, -0.1) is 0 Å². The first-order valence-corrected chi connectivity index (χ1v) is 6.94. The topological polar surface area (TPSA) is 90.5 Å². The molecule has 0 spiro atoms. The smallest absolute Gasteiger partial charge is 0.329 e. The predicted molar refractivity (Wildman–Crippen MR) is 73.1 cm³/mol. The molecule has 6 nitrogen and oxygen atoms in total. The largest absolute Gasteiger partial charge is 0.480 e. The lowest BCUT2D eigenvalue weighted by Crippen LogP contribution is -2.59. The molecule has 19 heavy (non-hydrogen) atoms. The van der Waals surface area contributed by atoms with Gasteiger partial charge in [0.05, 0.1) is 0 Å². The molecule has 6 heteroatoms. The van der Waals surface area contributed by atoms with Crippen molar-refractivity contribution in [2.24, 2.45) is 5.92 Å². The van der Waals surface area contributed by atoms with Crippen molar-refractivity contribution >= 4 is 12.0 Å². The third-order valence-electron chi connectivity index (χ3n) is 3.65. The molecule has 1 rings (SSSR count). The number of carbonyl (C=O) groups excluding carboxylic acids is 1. The van der Waals surface area contributed by atoms with Crippen LogP contribution >= 0.6 is 0 Å². The molecular formula is C13H25N3O3. The Labute approximate surface area is 114 Å². The number of nitrogens with one attached hydrogen (secondary N) is 3. The number of carboxylic acid groups (broad SMARTS) is 1. The van der Waals surface area contributed by atoms with E-state index in [1.165, 1.54) is 0 Å². The number of urea groups is 1. The molecule has 1 aliphatic carbocycles. The van der Waals surface area contributed by atoms with Gasteiger partial charge >= 0.3 is 12.0 Å². The van der Waals surface area contributed by atoms with Gasteiger partial charge in [0.2, 0.25) is 0 Å². The van der Waals surface area contributed by atoms with Crippen molar-refractivity contribution in [2.75, 3.05) is 20.1 Å². The summed E-state index contributed by atoms with van der Waals surface area (Å²) < 4.78 is 0. The summed E-state index contributed by atoms with van der Waals surface area (Å²) >= 11 is 0. The molecule has 0 radical (unpaired) electrons. The standard InChI is InChI=1S/C13H25N3O3/c1-10-5-3-6-13(9-10,11(17)18)16-12(19)15-8-4-7-14-2/h10,14H,3-9H2,1-2H3,(H,17,18)(H2,15,16,19). The fourth-order valence-corrected chi connectivity index (χ4v) is 2.64. The normalized spacial score (nSPS) is 26.7. The van der Waals surface area contributed by atoms with E-state index in [1.807, 2.05) is 14.0 Å². The summed E-state index contributed by atoms with van der Waals surface area (Å²) in [7, 11) is 1.85. The maximum Gasteiger partial charge on any atom is 0.329 e. The van der Waals surface area contributed by atoms with Gasteiger partial charge in [-0.3, -0.25) is 0 Å². The van der Waals surface area contributed by atoms with E-state index in [4.69, 9.17) is 0 Å². The highest BCUT2D eigenvalue weighted by Gasteiger charge is 2.43. The molecular weight excluding hydrogens is 246 g/mol. The predicted octanol–water partition coefficient (Wildman–Crippen LogP) is 0.929. The second kappa shape index (κ2) is 7.33. The summed E-state index contributed by atoms with van der Waals surface area (Å²) in [6, 6.07) is -0.382. The summed E-state index contributed by atoms with van der Waals surface area (Å²) in [5.74, 6) is -0.598. The third-order valence-corrected chi connectivity index (χ3v) is 3.65. The van der Waals surface area contributed by atoms with Crippen LogP contribution in [0.2, 0.25) is 0 Å². The fraction of sp³-hybridized carbons (Fsp3) is 0.846. The van der Waals surface area contributed by atoms with E-state index < -0.39 is 11.5 Å². The minimum Gasteiger partial charge on any atom is -0.480 e. The monoisotopic (exact) mass is 271 g/mol. The SMILES string of the molecule is CNCCCNC(=O)NC1(C(=O)O)CCCC(C)C1. The van der Waals surface area contributed by atoms with E-state index in [1.54, 1.807) is 0 Å². The molecule has 2 amide bonds. The van der Waals surface area contributed by atoms with Crippen LogP contribution in [0, 0.1) is 5.92 Å². The Kier molecular flexibility index (Phi) is 6.08. The first kappa shape index (κ1) is 15.8. The van der Waals surface area contributed by atoms with Crippen LogP contribution in [0.15, 0.2) is 0 Å². The van der Waals surface area contributed by atoms with Gasteiger partial charge in [0.1, 0.15) is 5.54 Å². The lowest BCUT2D eigenvalue weighted by molar-refractivity contribution is -0.146. The average molecular weight is 271 g/mol. The van der Waals surface area contributed by atoms with Gasteiger partial charge < -0.3 is 21.1 Å². The summed E-state index contributed by atoms with van der Waals surface area (Å²) in [6.07, 6.45) is 3.71. The second-order valence-electron chi connectivity index (χ2n) is 5.43. The Morgan fingerprint density at radius 2 is 2.11 bits per heavy atom. The van der Waals surface area contributed by atoms with E-state index in [0.717, 1.165) is 25.8 Å². The van der Waals surface area contributed by atoms with Gasteiger partial charge in [-0.2, -0.15) is 0 Å². The van der Waals surface area contributed by atoms with E-state index in [-0.39, 0.29) is 6.03 Å². The maximum atomic E-state index is 11.8. The quantitative estimate of drug-likeness (QED) is 0.541. The van der Waals surface area contributed by atoms with Gasteiger partial charge in [-0.05, 0) is 38.8 Å². The summed E-state index contributed by atoms with van der Waals surface area (Å²) in [5, 5.41) is 17.8. The minimum absolute atomic E-state index is 0.328. The van der Waals surface area contributed by atoms with Crippen molar-refractivity contribution in [2.45, 2.75) is 44.6 Å². The van der Waals surface area contributed by atoms with Gasteiger partial charge in [-0.25, -0.2) is 9.59 Å². The molecule has 2 unspecified atom stereocenters. The Morgan fingerprint density at radius 1 is 1.37 bits per heavy atom. The van der Waals surface area contributed by atoms with E-state index >= 15 is 0 Å². The highest BCUT2D eigenvalue weighted by atomic mass is 16.4. The molecule has 0 bridgehead atoms. The molecule has 0 aromatic carbocycles. The van der Waals surface area contributed by atoms with Crippen LogP contribution in [0.4, 0.5) is 4.79 Å². The van der Waals surface area contributed by atoms with Crippen LogP contribution in [0.1, 0.15) is 39.0 Å². The van der Waals surface area contributed by atoms with Gasteiger partial charge in [-0.1, -0.05) is 19.8 Å². The molecule has 2 atom stereocenters. The van der Waals surface area contributed by atoms with Crippen LogP contribution in [-0.4, -0.2) is 42.8 Å². The van der Waals surface area contributed by atoms with Crippen molar-refractivity contribution < 1.29 is 14.7 Å². The summed E-state index contributed by atoms with van der Waals surface area (Å²) in [5.41, 5.74) is -1.09. The Balaban J connectivity index is 2.49. The summed E-state index contributed by atoms with van der Waals surface area (Å²) in [6.45, 7) is 3.39. The van der Waals surface area contributed by atoms with Crippen LogP contribution in [0.25, 0.3) is 0 Å². The van der Waals surface area contributed by atoms with Crippen LogP contribution < -0.4 is 16.0 Å². The molecule has 1 aliphatic rings. The molecule has 0 aliphatic heterocycles. The Bertz CT molecular complexity index is 322. The second-order valence-corrected chi connectivity index (χ2v) is 5.43. The molecule has 110 valence electrons.